The van der Waals surface area contributed by atoms with Gasteiger partial charge in [-0.1, -0.05) is 24.3 Å². The molecular weight excluding hydrogens is 288 g/mol. The quantitative estimate of drug-likeness (QED) is 0.735. The molecular formula is C19H28N2O2. The number of amides is 1. The highest BCUT2D eigenvalue weighted by molar-refractivity contribution is 5.68. The Morgan fingerprint density at radius 1 is 1.13 bits per heavy atom. The standard InChI is InChI=1S/C19H28N2O2/c1-18(2,3)23-17(22)21-13-10-19(11-14-21)16-8-6-5-7-15(16)9-12-20(19)4/h5-8H,9-14H2,1-4H3. The molecule has 4 nitrogen and oxygen atoms in total. The number of benzene rings is 1. The van der Waals surface area contributed by atoms with Crippen molar-refractivity contribution in [3.63, 3.8) is 0 Å². The van der Waals surface area contributed by atoms with Crippen molar-refractivity contribution in [3.8, 4) is 0 Å². The molecule has 0 unspecified atom stereocenters. The van der Waals surface area contributed by atoms with E-state index in [0.717, 1.165) is 38.9 Å². The van der Waals surface area contributed by atoms with Gasteiger partial charge in [0, 0.05) is 25.2 Å². The number of carbonyl (C=O) groups is 1. The van der Waals surface area contributed by atoms with Gasteiger partial charge in [0.2, 0.25) is 0 Å². The summed E-state index contributed by atoms with van der Waals surface area (Å²) in [4.78, 5) is 16.7. The highest BCUT2D eigenvalue weighted by atomic mass is 16.6. The predicted octanol–water partition coefficient (Wildman–Crippen LogP) is 3.40. The van der Waals surface area contributed by atoms with Crippen molar-refractivity contribution in [2.24, 2.45) is 0 Å². The molecule has 0 N–H and O–H groups in total. The van der Waals surface area contributed by atoms with Gasteiger partial charge in [0.15, 0.2) is 0 Å². The van der Waals surface area contributed by atoms with Crippen molar-refractivity contribution < 1.29 is 9.53 Å². The molecule has 1 aromatic rings. The van der Waals surface area contributed by atoms with E-state index in [1.807, 2.05) is 25.7 Å². The molecule has 1 aromatic carbocycles. The number of likely N-dealkylation sites (tertiary alicyclic amines) is 1. The summed E-state index contributed by atoms with van der Waals surface area (Å²) in [6, 6.07) is 8.80. The Morgan fingerprint density at radius 3 is 2.43 bits per heavy atom. The average Bonchev–Trinajstić information content (AvgIpc) is 2.50. The van der Waals surface area contributed by atoms with Crippen molar-refractivity contribution in [2.45, 2.75) is 51.2 Å². The number of carbonyl (C=O) groups excluding carboxylic acids is 1. The number of likely N-dealkylation sites (N-methyl/N-ethyl adjacent to an activating group) is 1. The second kappa shape index (κ2) is 5.82. The molecule has 0 atom stereocenters. The Labute approximate surface area is 139 Å². The largest absolute Gasteiger partial charge is 0.444 e. The Hall–Kier alpha value is -1.55. The van der Waals surface area contributed by atoms with Crippen molar-refractivity contribution in [2.75, 3.05) is 26.7 Å². The molecule has 2 heterocycles. The van der Waals surface area contributed by atoms with Gasteiger partial charge in [-0.3, -0.25) is 4.90 Å². The van der Waals surface area contributed by atoms with Gasteiger partial charge in [0.05, 0.1) is 0 Å². The maximum absolute atomic E-state index is 12.3. The lowest BCUT2D eigenvalue weighted by Gasteiger charge is -2.51. The number of fused-ring (bicyclic) bond motifs is 2. The van der Waals surface area contributed by atoms with Crippen LogP contribution in [0.15, 0.2) is 24.3 Å². The Bertz CT molecular complexity index is 583. The van der Waals surface area contributed by atoms with Gasteiger partial charge in [-0.2, -0.15) is 0 Å². The molecule has 0 radical (unpaired) electrons. The highest BCUT2D eigenvalue weighted by Gasteiger charge is 2.44. The van der Waals surface area contributed by atoms with Gasteiger partial charge in [-0.15, -0.1) is 0 Å². The van der Waals surface area contributed by atoms with Gasteiger partial charge < -0.3 is 9.64 Å². The first-order valence-electron chi connectivity index (χ1n) is 8.59. The maximum Gasteiger partial charge on any atom is 0.410 e. The van der Waals surface area contributed by atoms with Crippen LogP contribution in [0.3, 0.4) is 0 Å². The van der Waals surface area contributed by atoms with E-state index in [9.17, 15) is 4.79 Å². The van der Waals surface area contributed by atoms with E-state index in [-0.39, 0.29) is 11.6 Å². The summed E-state index contributed by atoms with van der Waals surface area (Å²) in [5.41, 5.74) is 2.57. The molecule has 1 amide bonds. The lowest BCUT2D eigenvalue weighted by Crippen LogP contribution is -2.55. The van der Waals surface area contributed by atoms with Crippen molar-refractivity contribution >= 4 is 6.09 Å². The molecule has 4 heteroatoms. The minimum atomic E-state index is -0.430. The first kappa shape index (κ1) is 16.3. The molecule has 0 aromatic heterocycles. The fraction of sp³-hybridized carbons (Fsp3) is 0.632. The van der Waals surface area contributed by atoms with Crippen LogP contribution in [-0.2, 0) is 16.7 Å². The molecule has 2 aliphatic rings. The average molecular weight is 316 g/mol. The summed E-state index contributed by atoms with van der Waals surface area (Å²) in [5, 5.41) is 0. The summed E-state index contributed by atoms with van der Waals surface area (Å²) in [7, 11) is 2.22. The number of rotatable bonds is 0. The van der Waals surface area contributed by atoms with Crippen LogP contribution >= 0.6 is 0 Å². The third-order valence-corrected chi connectivity index (χ3v) is 5.21. The van der Waals surface area contributed by atoms with Crippen molar-refractivity contribution in [1.29, 1.82) is 0 Å². The summed E-state index contributed by atoms with van der Waals surface area (Å²) in [6.45, 7) is 8.36. The number of ether oxygens (including phenoxy) is 1. The zero-order valence-corrected chi connectivity index (χ0v) is 14.8. The van der Waals surface area contributed by atoms with E-state index in [1.165, 1.54) is 11.1 Å². The van der Waals surface area contributed by atoms with E-state index < -0.39 is 5.60 Å². The third-order valence-electron chi connectivity index (χ3n) is 5.21. The molecule has 23 heavy (non-hydrogen) atoms. The first-order chi connectivity index (χ1) is 10.8. The van der Waals surface area contributed by atoms with Crippen molar-refractivity contribution in [3.05, 3.63) is 35.4 Å². The van der Waals surface area contributed by atoms with Crippen LogP contribution in [-0.4, -0.2) is 48.2 Å². The third kappa shape index (κ3) is 3.09. The van der Waals surface area contributed by atoms with E-state index in [2.05, 4.69) is 36.2 Å². The van der Waals surface area contributed by atoms with Gasteiger partial charge in [0.25, 0.3) is 0 Å². The number of piperidine rings is 1. The SMILES string of the molecule is CN1CCc2ccccc2C12CCN(C(=O)OC(C)(C)C)CC2. The molecule has 2 aliphatic heterocycles. The van der Waals surface area contributed by atoms with Crippen LogP contribution in [0.2, 0.25) is 0 Å². The van der Waals surface area contributed by atoms with Crippen LogP contribution in [0, 0.1) is 0 Å². The number of hydrogen-bond donors (Lipinski definition) is 0. The predicted molar refractivity (Wildman–Crippen MR) is 91.5 cm³/mol. The minimum Gasteiger partial charge on any atom is -0.444 e. The smallest absolute Gasteiger partial charge is 0.410 e. The van der Waals surface area contributed by atoms with E-state index in [4.69, 9.17) is 4.74 Å². The second-order valence-corrected chi connectivity index (χ2v) is 7.83. The Kier molecular flexibility index (Phi) is 4.13. The van der Waals surface area contributed by atoms with Gasteiger partial charge in [0.1, 0.15) is 5.60 Å². The van der Waals surface area contributed by atoms with E-state index >= 15 is 0 Å². The van der Waals surface area contributed by atoms with Gasteiger partial charge in [-0.05, 0) is 58.2 Å². The van der Waals surface area contributed by atoms with Crippen LogP contribution < -0.4 is 0 Å². The monoisotopic (exact) mass is 316 g/mol. The molecule has 3 rings (SSSR count). The Morgan fingerprint density at radius 2 is 1.78 bits per heavy atom. The Balaban J connectivity index is 1.76. The van der Waals surface area contributed by atoms with E-state index in [1.54, 1.807) is 0 Å². The lowest BCUT2D eigenvalue weighted by atomic mass is 9.74. The summed E-state index contributed by atoms with van der Waals surface area (Å²) < 4.78 is 5.52. The summed E-state index contributed by atoms with van der Waals surface area (Å²) >= 11 is 0. The molecule has 0 bridgehead atoms. The molecule has 1 saturated heterocycles. The fourth-order valence-corrected chi connectivity index (χ4v) is 3.94. The zero-order chi connectivity index (χ0) is 16.7. The van der Waals surface area contributed by atoms with Crippen LogP contribution in [0.1, 0.15) is 44.7 Å². The second-order valence-electron chi connectivity index (χ2n) is 7.83. The number of nitrogens with zero attached hydrogens (tertiary/aromatic N) is 2. The van der Waals surface area contributed by atoms with Crippen LogP contribution in [0.5, 0.6) is 0 Å². The summed E-state index contributed by atoms with van der Waals surface area (Å²) in [5.74, 6) is 0. The van der Waals surface area contributed by atoms with Gasteiger partial charge >= 0.3 is 6.09 Å². The molecule has 126 valence electrons. The van der Waals surface area contributed by atoms with E-state index in [0.29, 0.717) is 0 Å². The lowest BCUT2D eigenvalue weighted by molar-refractivity contribution is -0.00537. The molecule has 0 saturated carbocycles. The minimum absolute atomic E-state index is 0.0767. The maximum atomic E-state index is 12.3. The van der Waals surface area contributed by atoms with Crippen LogP contribution in [0.4, 0.5) is 4.79 Å². The first-order valence-corrected chi connectivity index (χ1v) is 8.59. The molecule has 1 spiro atoms. The topological polar surface area (TPSA) is 32.8 Å². The molecule has 0 aliphatic carbocycles. The van der Waals surface area contributed by atoms with Crippen molar-refractivity contribution in [1.82, 2.24) is 9.80 Å². The highest BCUT2D eigenvalue weighted by Crippen LogP contribution is 2.42. The summed E-state index contributed by atoms with van der Waals surface area (Å²) in [6.07, 6.45) is 2.88. The fourth-order valence-electron chi connectivity index (χ4n) is 3.94. The molecule has 1 fully saturated rings. The van der Waals surface area contributed by atoms with Crippen LogP contribution in [0.25, 0.3) is 0 Å². The normalized spacial score (nSPS) is 21.1. The number of hydrogen-bond acceptors (Lipinski definition) is 3. The van der Waals surface area contributed by atoms with Gasteiger partial charge in [-0.25, -0.2) is 4.79 Å². The zero-order valence-electron chi connectivity index (χ0n) is 14.8.